The van der Waals surface area contributed by atoms with Crippen LogP contribution in [0.5, 0.6) is 6.01 Å². The molecule has 0 spiro atoms. The van der Waals surface area contributed by atoms with E-state index in [1.54, 1.807) is 4.52 Å². The Hall–Kier alpha value is -1.65. The summed E-state index contributed by atoms with van der Waals surface area (Å²) >= 11 is 0. The number of hydrogen-bond acceptors (Lipinski definition) is 4. The van der Waals surface area contributed by atoms with Gasteiger partial charge in [-0.2, -0.15) is 9.50 Å². The number of rotatable bonds is 2. The second-order valence-electron chi connectivity index (χ2n) is 3.08. The van der Waals surface area contributed by atoms with E-state index in [0.29, 0.717) is 18.4 Å². The van der Waals surface area contributed by atoms with Crippen LogP contribution in [-0.2, 0) is 0 Å². The minimum Gasteiger partial charge on any atom is -0.463 e. The first-order chi connectivity index (χ1) is 6.70. The van der Waals surface area contributed by atoms with E-state index < -0.39 is 0 Å². The second-order valence-corrected chi connectivity index (χ2v) is 3.08. The van der Waals surface area contributed by atoms with Crippen molar-refractivity contribution < 1.29 is 4.74 Å². The average Bonchev–Trinajstić information content (AvgIpc) is 2.48. The molecule has 0 aliphatic rings. The molecule has 0 atom stereocenters. The molecule has 2 aromatic rings. The van der Waals surface area contributed by atoms with Gasteiger partial charge < -0.3 is 4.74 Å². The summed E-state index contributed by atoms with van der Waals surface area (Å²) in [6, 6.07) is 2.34. The minimum absolute atomic E-state index is 0.383. The monoisotopic (exact) mass is 192 g/mol. The predicted octanol–water partition coefficient (Wildman–Crippen LogP) is 1.14. The number of hydrogen-bond donors (Lipinski definition) is 0. The first-order valence-corrected chi connectivity index (χ1v) is 4.54. The number of aryl methyl sites for hydroxylation is 2. The maximum absolute atomic E-state index is 5.20. The fourth-order valence-electron chi connectivity index (χ4n) is 1.34. The molecule has 0 bridgehead atoms. The molecule has 0 saturated heterocycles. The fraction of sp³-hybridized carbons (Fsp3) is 0.444. The van der Waals surface area contributed by atoms with Crippen molar-refractivity contribution in [1.82, 2.24) is 19.6 Å². The summed E-state index contributed by atoms with van der Waals surface area (Å²) in [6.45, 7) is 6.36. The highest BCUT2D eigenvalue weighted by Crippen LogP contribution is 2.09. The van der Waals surface area contributed by atoms with Gasteiger partial charge in [0, 0.05) is 11.4 Å². The van der Waals surface area contributed by atoms with Crippen molar-refractivity contribution in [1.29, 1.82) is 0 Å². The van der Waals surface area contributed by atoms with Gasteiger partial charge in [-0.3, -0.25) is 0 Å². The molecule has 74 valence electrons. The normalized spacial score (nSPS) is 10.8. The van der Waals surface area contributed by atoms with Crippen LogP contribution in [0, 0.1) is 13.8 Å². The van der Waals surface area contributed by atoms with Crippen molar-refractivity contribution in [2.45, 2.75) is 20.8 Å². The molecule has 0 N–H and O–H groups in total. The summed E-state index contributed by atoms with van der Waals surface area (Å²) < 4.78 is 6.88. The third kappa shape index (κ3) is 1.41. The average molecular weight is 192 g/mol. The lowest BCUT2D eigenvalue weighted by Gasteiger charge is -1.97. The van der Waals surface area contributed by atoms with Gasteiger partial charge in [0.1, 0.15) is 0 Å². The zero-order valence-electron chi connectivity index (χ0n) is 8.48. The zero-order chi connectivity index (χ0) is 10.1. The van der Waals surface area contributed by atoms with Crippen LogP contribution in [0.2, 0.25) is 0 Å². The molecule has 0 unspecified atom stereocenters. The summed E-state index contributed by atoms with van der Waals surface area (Å²) in [4.78, 5) is 8.39. The van der Waals surface area contributed by atoms with Crippen LogP contribution in [0.1, 0.15) is 18.3 Å². The van der Waals surface area contributed by atoms with Crippen LogP contribution >= 0.6 is 0 Å². The molecule has 0 fully saturated rings. The zero-order valence-corrected chi connectivity index (χ0v) is 8.48. The van der Waals surface area contributed by atoms with Crippen molar-refractivity contribution in [3.05, 3.63) is 17.5 Å². The van der Waals surface area contributed by atoms with Crippen LogP contribution in [0.25, 0.3) is 5.78 Å². The Morgan fingerprint density at radius 3 is 2.86 bits per heavy atom. The first kappa shape index (κ1) is 8.93. The number of ether oxygens (including phenoxy) is 1. The standard InChI is InChI=1S/C9H12N4O/c1-4-14-9-11-8-10-6(2)5-7(3)13(8)12-9/h5H,4H2,1-3H3. The highest BCUT2D eigenvalue weighted by atomic mass is 16.5. The maximum atomic E-state index is 5.20. The molecule has 14 heavy (non-hydrogen) atoms. The molecule has 0 saturated carbocycles. The second kappa shape index (κ2) is 3.25. The molecule has 5 heteroatoms. The molecule has 2 aromatic heterocycles. The van der Waals surface area contributed by atoms with E-state index in [2.05, 4.69) is 15.1 Å². The third-order valence-electron chi connectivity index (χ3n) is 1.87. The van der Waals surface area contributed by atoms with E-state index in [1.807, 2.05) is 26.8 Å². The van der Waals surface area contributed by atoms with E-state index in [9.17, 15) is 0 Å². The number of fused-ring (bicyclic) bond motifs is 1. The molecule has 0 aliphatic heterocycles. The topological polar surface area (TPSA) is 52.3 Å². The lowest BCUT2D eigenvalue weighted by Crippen LogP contribution is -1.97. The predicted molar refractivity (Wildman–Crippen MR) is 51.4 cm³/mol. The highest BCUT2D eigenvalue weighted by Gasteiger charge is 2.07. The van der Waals surface area contributed by atoms with E-state index in [-0.39, 0.29) is 0 Å². The Kier molecular flexibility index (Phi) is 2.07. The Balaban J connectivity index is 2.58. The molecular weight excluding hydrogens is 180 g/mol. The van der Waals surface area contributed by atoms with Gasteiger partial charge in [-0.1, -0.05) is 0 Å². The van der Waals surface area contributed by atoms with Crippen LogP contribution in [-0.4, -0.2) is 26.2 Å². The van der Waals surface area contributed by atoms with E-state index in [1.165, 1.54) is 0 Å². The smallest absolute Gasteiger partial charge is 0.337 e. The van der Waals surface area contributed by atoms with E-state index >= 15 is 0 Å². The van der Waals surface area contributed by atoms with Crippen molar-refractivity contribution >= 4 is 5.78 Å². The fourth-order valence-corrected chi connectivity index (χ4v) is 1.34. The lowest BCUT2D eigenvalue weighted by molar-refractivity contribution is 0.313. The summed E-state index contributed by atoms with van der Waals surface area (Å²) in [7, 11) is 0. The van der Waals surface area contributed by atoms with Gasteiger partial charge in [0.05, 0.1) is 6.61 Å². The molecule has 0 aromatic carbocycles. The lowest BCUT2D eigenvalue weighted by atomic mass is 10.4. The van der Waals surface area contributed by atoms with Crippen LogP contribution in [0.4, 0.5) is 0 Å². The largest absolute Gasteiger partial charge is 0.463 e. The molecule has 0 radical (unpaired) electrons. The summed E-state index contributed by atoms with van der Waals surface area (Å²) in [5.41, 5.74) is 1.94. The molecule has 0 amide bonds. The molecule has 5 nitrogen and oxygen atoms in total. The van der Waals surface area contributed by atoms with Crippen LogP contribution < -0.4 is 4.74 Å². The van der Waals surface area contributed by atoms with E-state index in [0.717, 1.165) is 11.4 Å². The molecule has 0 aliphatic carbocycles. The molecular formula is C9H12N4O. The SMILES string of the molecule is CCOc1nc2nc(C)cc(C)n2n1. The van der Waals surface area contributed by atoms with Crippen molar-refractivity contribution in [2.24, 2.45) is 0 Å². The van der Waals surface area contributed by atoms with Crippen LogP contribution in [0.3, 0.4) is 0 Å². The van der Waals surface area contributed by atoms with Gasteiger partial charge in [0.25, 0.3) is 5.78 Å². The molecule has 2 heterocycles. The van der Waals surface area contributed by atoms with Crippen molar-refractivity contribution in [2.75, 3.05) is 6.61 Å². The van der Waals surface area contributed by atoms with E-state index in [4.69, 9.17) is 4.74 Å². The Morgan fingerprint density at radius 2 is 2.14 bits per heavy atom. The van der Waals surface area contributed by atoms with Crippen molar-refractivity contribution in [3.8, 4) is 6.01 Å². The first-order valence-electron chi connectivity index (χ1n) is 4.54. The van der Waals surface area contributed by atoms with Crippen molar-refractivity contribution in [3.63, 3.8) is 0 Å². The summed E-state index contributed by atoms with van der Waals surface area (Å²) in [5, 5.41) is 4.16. The molecule has 2 rings (SSSR count). The quantitative estimate of drug-likeness (QED) is 0.716. The van der Waals surface area contributed by atoms with Gasteiger partial charge in [0.2, 0.25) is 0 Å². The third-order valence-corrected chi connectivity index (χ3v) is 1.87. The van der Waals surface area contributed by atoms with Gasteiger partial charge in [-0.25, -0.2) is 4.98 Å². The maximum Gasteiger partial charge on any atom is 0.337 e. The summed E-state index contributed by atoms with van der Waals surface area (Å²) in [5.74, 6) is 0.589. The van der Waals surface area contributed by atoms with Crippen LogP contribution in [0.15, 0.2) is 6.07 Å². The highest BCUT2D eigenvalue weighted by molar-refractivity contribution is 5.32. The Morgan fingerprint density at radius 1 is 1.36 bits per heavy atom. The minimum atomic E-state index is 0.383. The number of nitrogens with zero attached hydrogens (tertiary/aromatic N) is 4. The Labute approximate surface area is 81.8 Å². The van der Waals surface area contributed by atoms with Gasteiger partial charge >= 0.3 is 6.01 Å². The van der Waals surface area contributed by atoms with Gasteiger partial charge in [0.15, 0.2) is 0 Å². The van der Waals surface area contributed by atoms with Gasteiger partial charge in [-0.15, -0.1) is 5.10 Å². The number of aromatic nitrogens is 4. The van der Waals surface area contributed by atoms with Gasteiger partial charge in [-0.05, 0) is 26.8 Å². The summed E-state index contributed by atoms with van der Waals surface area (Å²) in [6.07, 6.45) is 0. The Bertz CT molecular complexity index is 463.